The summed E-state index contributed by atoms with van der Waals surface area (Å²) in [6, 6.07) is 5.38. The van der Waals surface area contributed by atoms with Gasteiger partial charge in [0.1, 0.15) is 23.0 Å². The number of nitrogens with zero attached hydrogens (tertiary/aromatic N) is 1. The summed E-state index contributed by atoms with van der Waals surface area (Å²) in [5.74, 6) is -0.560. The zero-order valence-electron chi connectivity index (χ0n) is 15.5. The topological polar surface area (TPSA) is 79.7 Å². The Balaban J connectivity index is 1.54. The van der Waals surface area contributed by atoms with Crippen molar-refractivity contribution in [2.75, 3.05) is 6.61 Å². The number of carboxylic acids is 1. The lowest BCUT2D eigenvalue weighted by molar-refractivity contribution is 0.0690. The normalized spacial score (nSPS) is 22.9. The fourth-order valence-corrected chi connectivity index (χ4v) is 4.56. The van der Waals surface area contributed by atoms with Crippen molar-refractivity contribution in [3.05, 3.63) is 44.9 Å². The zero-order valence-corrected chi connectivity index (χ0v) is 17.0. The molecular formula is C20H23ClFNO4S. The minimum atomic E-state index is -1.11. The Bertz CT molecular complexity index is 830. The van der Waals surface area contributed by atoms with E-state index in [1.165, 1.54) is 5.38 Å². The number of aliphatic hydroxyl groups excluding tert-OH is 1. The van der Waals surface area contributed by atoms with Gasteiger partial charge in [-0.1, -0.05) is 11.6 Å². The Morgan fingerprint density at radius 3 is 2.93 bits per heavy atom. The van der Waals surface area contributed by atoms with E-state index < -0.39 is 18.2 Å². The van der Waals surface area contributed by atoms with Gasteiger partial charge in [-0.15, -0.1) is 11.3 Å². The van der Waals surface area contributed by atoms with Gasteiger partial charge in [-0.25, -0.2) is 14.2 Å². The van der Waals surface area contributed by atoms with Crippen molar-refractivity contribution in [2.24, 2.45) is 11.8 Å². The number of aromatic carboxylic acids is 1. The molecule has 1 heterocycles. The van der Waals surface area contributed by atoms with Gasteiger partial charge in [0, 0.05) is 16.3 Å². The number of thiazole rings is 1. The maximum Gasteiger partial charge on any atom is 0.355 e. The molecule has 0 bridgehead atoms. The first-order valence-corrected chi connectivity index (χ1v) is 10.5. The smallest absolute Gasteiger partial charge is 0.355 e. The summed E-state index contributed by atoms with van der Waals surface area (Å²) >= 11 is 7.15. The second kappa shape index (κ2) is 9.20. The van der Waals surface area contributed by atoms with Crippen LogP contribution in [0.2, 0.25) is 5.02 Å². The minimum absolute atomic E-state index is 0.0618. The van der Waals surface area contributed by atoms with Crippen LogP contribution in [0.1, 0.15) is 52.8 Å². The number of carboxylic acid groups (broad SMARTS) is 1. The van der Waals surface area contributed by atoms with Gasteiger partial charge in [0.2, 0.25) is 0 Å². The van der Waals surface area contributed by atoms with Gasteiger partial charge >= 0.3 is 5.97 Å². The molecule has 1 aliphatic carbocycles. The van der Waals surface area contributed by atoms with Gasteiger partial charge in [0.25, 0.3) is 0 Å². The summed E-state index contributed by atoms with van der Waals surface area (Å²) in [6.07, 6.45) is 0.540. The van der Waals surface area contributed by atoms with E-state index >= 15 is 0 Å². The third-order valence-electron chi connectivity index (χ3n) is 5.29. The standard InChI is InChI=1S/C20H23ClFNO4S/c1-11-8-13(4-5-15(11)21)27-9-14-12(2-6-16(14)22)3-7-18(24)19-23-17(10-28-19)20(25)26/h4-5,8,10,12,14,16,18,24H,2-3,6-7,9H2,1H3,(H,25,26)/t12-,14?,16?,18?/m1/s1. The van der Waals surface area contributed by atoms with E-state index in [-0.39, 0.29) is 24.1 Å². The Kier molecular flexibility index (Phi) is 6.91. The quantitative estimate of drug-likeness (QED) is 0.615. The van der Waals surface area contributed by atoms with E-state index in [1.807, 2.05) is 13.0 Å². The molecular weight excluding hydrogens is 405 g/mol. The van der Waals surface area contributed by atoms with Gasteiger partial charge < -0.3 is 14.9 Å². The number of alkyl halides is 1. The molecule has 1 aromatic heterocycles. The summed E-state index contributed by atoms with van der Waals surface area (Å²) in [7, 11) is 0. The van der Waals surface area contributed by atoms with E-state index in [9.17, 15) is 14.3 Å². The first kappa shape index (κ1) is 21.0. The van der Waals surface area contributed by atoms with Crippen molar-refractivity contribution < 1.29 is 24.1 Å². The lowest BCUT2D eigenvalue weighted by atomic mass is 9.90. The predicted molar refractivity (Wildman–Crippen MR) is 106 cm³/mol. The van der Waals surface area contributed by atoms with E-state index in [0.29, 0.717) is 35.0 Å². The molecule has 0 spiro atoms. The molecule has 0 saturated heterocycles. The van der Waals surface area contributed by atoms with Gasteiger partial charge in [-0.3, -0.25) is 0 Å². The second-order valence-electron chi connectivity index (χ2n) is 7.21. The number of aromatic nitrogens is 1. The maximum atomic E-state index is 14.4. The molecule has 5 nitrogen and oxygen atoms in total. The van der Waals surface area contributed by atoms with Crippen molar-refractivity contribution in [2.45, 2.75) is 44.9 Å². The van der Waals surface area contributed by atoms with Gasteiger partial charge in [-0.05, 0) is 62.3 Å². The number of rotatable bonds is 8. The molecule has 3 unspecified atom stereocenters. The average molecular weight is 428 g/mol. The summed E-state index contributed by atoms with van der Waals surface area (Å²) in [4.78, 5) is 14.9. The summed E-state index contributed by atoms with van der Waals surface area (Å²) < 4.78 is 20.2. The lowest BCUT2D eigenvalue weighted by Crippen LogP contribution is -2.24. The highest BCUT2D eigenvalue weighted by Crippen LogP contribution is 2.39. The Morgan fingerprint density at radius 2 is 2.25 bits per heavy atom. The van der Waals surface area contributed by atoms with Crippen molar-refractivity contribution in [1.29, 1.82) is 0 Å². The third-order valence-corrected chi connectivity index (χ3v) is 6.66. The molecule has 0 amide bonds. The molecule has 0 aliphatic heterocycles. The number of hydrogen-bond donors (Lipinski definition) is 2. The van der Waals surface area contributed by atoms with E-state index in [2.05, 4.69) is 4.98 Å². The minimum Gasteiger partial charge on any atom is -0.493 e. The molecule has 4 atom stereocenters. The third kappa shape index (κ3) is 5.01. The highest BCUT2D eigenvalue weighted by atomic mass is 35.5. The maximum absolute atomic E-state index is 14.4. The number of aliphatic hydroxyl groups is 1. The highest BCUT2D eigenvalue weighted by molar-refractivity contribution is 7.09. The molecule has 1 fully saturated rings. The van der Waals surface area contributed by atoms with Gasteiger partial charge in [0.15, 0.2) is 5.69 Å². The molecule has 2 N–H and O–H groups in total. The van der Waals surface area contributed by atoms with E-state index in [4.69, 9.17) is 21.4 Å². The van der Waals surface area contributed by atoms with Crippen LogP contribution in [0.15, 0.2) is 23.6 Å². The number of carbonyl (C=O) groups is 1. The number of aryl methyl sites for hydroxylation is 1. The Hall–Kier alpha value is -1.70. The first-order valence-electron chi connectivity index (χ1n) is 9.25. The molecule has 2 aromatic rings. The van der Waals surface area contributed by atoms with Crippen LogP contribution in [0.25, 0.3) is 0 Å². The van der Waals surface area contributed by atoms with Crippen LogP contribution >= 0.6 is 22.9 Å². The molecule has 28 heavy (non-hydrogen) atoms. The summed E-state index contributed by atoms with van der Waals surface area (Å²) in [5, 5.41) is 21.7. The Labute approximate surface area is 172 Å². The Morgan fingerprint density at radius 1 is 1.46 bits per heavy atom. The summed E-state index contributed by atoms with van der Waals surface area (Å²) in [6.45, 7) is 2.17. The lowest BCUT2D eigenvalue weighted by Gasteiger charge is -2.22. The molecule has 8 heteroatoms. The zero-order chi connectivity index (χ0) is 20.3. The molecule has 0 radical (unpaired) electrons. The number of ether oxygens (including phenoxy) is 1. The van der Waals surface area contributed by atoms with Gasteiger partial charge in [0.05, 0.1) is 6.61 Å². The SMILES string of the molecule is Cc1cc(OCC2C(F)CC[C@@H]2CCC(O)c2nc(C(=O)O)cs2)ccc1Cl. The fourth-order valence-electron chi connectivity index (χ4n) is 3.63. The van der Waals surface area contributed by atoms with Crippen LogP contribution in [0.5, 0.6) is 5.75 Å². The van der Waals surface area contributed by atoms with Crippen LogP contribution in [0.4, 0.5) is 4.39 Å². The van der Waals surface area contributed by atoms with Crippen LogP contribution in [-0.2, 0) is 0 Å². The number of halogens is 2. The predicted octanol–water partition coefficient (Wildman–Crippen LogP) is 5.06. The second-order valence-corrected chi connectivity index (χ2v) is 8.51. The molecule has 1 aromatic carbocycles. The number of benzene rings is 1. The van der Waals surface area contributed by atoms with Crippen LogP contribution in [0, 0.1) is 18.8 Å². The van der Waals surface area contributed by atoms with E-state index in [1.54, 1.807) is 12.1 Å². The van der Waals surface area contributed by atoms with Crippen LogP contribution < -0.4 is 4.74 Å². The van der Waals surface area contributed by atoms with Crippen LogP contribution in [0.3, 0.4) is 0 Å². The molecule has 3 rings (SSSR count). The fraction of sp³-hybridized carbons (Fsp3) is 0.500. The highest BCUT2D eigenvalue weighted by Gasteiger charge is 2.37. The van der Waals surface area contributed by atoms with Crippen molar-refractivity contribution in [3.63, 3.8) is 0 Å². The molecule has 1 aliphatic rings. The average Bonchev–Trinajstić information content (AvgIpc) is 3.28. The van der Waals surface area contributed by atoms with Crippen molar-refractivity contribution in [3.8, 4) is 5.75 Å². The van der Waals surface area contributed by atoms with E-state index in [0.717, 1.165) is 23.3 Å². The van der Waals surface area contributed by atoms with Crippen molar-refractivity contribution >= 4 is 28.9 Å². The monoisotopic (exact) mass is 427 g/mol. The van der Waals surface area contributed by atoms with Gasteiger partial charge in [-0.2, -0.15) is 0 Å². The number of hydrogen-bond acceptors (Lipinski definition) is 5. The largest absolute Gasteiger partial charge is 0.493 e. The molecule has 152 valence electrons. The molecule has 1 saturated carbocycles. The summed E-state index contributed by atoms with van der Waals surface area (Å²) in [5.41, 5.74) is 0.847. The first-order chi connectivity index (χ1) is 13.3. The van der Waals surface area contributed by atoms with Crippen LogP contribution in [-0.4, -0.2) is 33.9 Å². The van der Waals surface area contributed by atoms with Crippen molar-refractivity contribution in [1.82, 2.24) is 4.98 Å².